The van der Waals surface area contributed by atoms with Gasteiger partial charge in [0.1, 0.15) is 5.82 Å². The molecule has 1 saturated heterocycles. The molecule has 1 amide bonds. The van der Waals surface area contributed by atoms with Crippen LogP contribution in [-0.2, 0) is 0 Å². The molecule has 1 aliphatic rings. The van der Waals surface area contributed by atoms with E-state index in [2.05, 4.69) is 20.1 Å². The normalized spacial score (nSPS) is 18.3. The molecule has 1 aliphatic heterocycles. The largest absolute Gasteiger partial charge is 0.359 e. The Balaban J connectivity index is 1.58. The number of aryl methyl sites for hydroxylation is 1. The third kappa shape index (κ3) is 4.97. The van der Waals surface area contributed by atoms with E-state index in [0.717, 1.165) is 18.1 Å². The summed E-state index contributed by atoms with van der Waals surface area (Å²) in [5.74, 6) is 1.24. The van der Waals surface area contributed by atoms with Crippen molar-refractivity contribution in [2.45, 2.75) is 12.8 Å². The van der Waals surface area contributed by atoms with Crippen molar-refractivity contribution in [2.75, 3.05) is 31.6 Å². The Hall–Kier alpha value is -2.70. The zero-order chi connectivity index (χ0) is 22.0. The Labute approximate surface area is 191 Å². The number of nitrogens with zero attached hydrogens (tertiary/aromatic N) is 5. The number of anilines is 1. The van der Waals surface area contributed by atoms with Gasteiger partial charge >= 0.3 is 0 Å². The third-order valence-corrected chi connectivity index (χ3v) is 6.14. The van der Waals surface area contributed by atoms with E-state index in [9.17, 15) is 4.79 Å². The first kappa shape index (κ1) is 21.5. The standard InChI is InChI=1S/C23H23Cl2N5O/c1-15-9-17(10-27-28-15)23(31)30-13-18(12-29(2)22-8-7-20(25)11-26-22)21(14-30)16-3-5-19(24)6-4-16/h3-11,18,21H,12-14H2,1-2H3/t18-,21+/m0/s1. The quantitative estimate of drug-likeness (QED) is 0.567. The molecular weight excluding hydrogens is 433 g/mol. The minimum atomic E-state index is -0.0215. The van der Waals surface area contributed by atoms with Crippen molar-refractivity contribution in [3.05, 3.63) is 81.7 Å². The number of aromatic nitrogens is 3. The fourth-order valence-electron chi connectivity index (χ4n) is 4.12. The van der Waals surface area contributed by atoms with Crippen LogP contribution in [0.2, 0.25) is 10.0 Å². The van der Waals surface area contributed by atoms with E-state index < -0.39 is 0 Å². The molecule has 1 fully saturated rings. The highest BCUT2D eigenvalue weighted by Gasteiger charge is 2.37. The molecule has 0 N–H and O–H groups in total. The van der Waals surface area contributed by atoms with Gasteiger partial charge in [0, 0.05) is 49.7 Å². The van der Waals surface area contributed by atoms with Crippen molar-refractivity contribution < 1.29 is 4.79 Å². The molecule has 31 heavy (non-hydrogen) atoms. The zero-order valence-corrected chi connectivity index (χ0v) is 18.9. The van der Waals surface area contributed by atoms with Gasteiger partial charge in [0.2, 0.25) is 0 Å². The molecule has 0 aliphatic carbocycles. The Bertz CT molecular complexity index is 1060. The number of carbonyl (C=O) groups is 1. The third-order valence-electron chi connectivity index (χ3n) is 5.66. The molecule has 8 heteroatoms. The number of rotatable bonds is 5. The first-order valence-corrected chi connectivity index (χ1v) is 10.8. The van der Waals surface area contributed by atoms with Crippen molar-refractivity contribution >= 4 is 34.9 Å². The van der Waals surface area contributed by atoms with Gasteiger partial charge < -0.3 is 9.80 Å². The molecule has 1 aromatic carbocycles. The summed E-state index contributed by atoms with van der Waals surface area (Å²) in [6.45, 7) is 3.86. The summed E-state index contributed by atoms with van der Waals surface area (Å²) < 4.78 is 0. The van der Waals surface area contributed by atoms with Crippen LogP contribution < -0.4 is 4.90 Å². The summed E-state index contributed by atoms with van der Waals surface area (Å²) in [4.78, 5) is 21.6. The van der Waals surface area contributed by atoms with Crippen LogP contribution in [0.3, 0.4) is 0 Å². The maximum absolute atomic E-state index is 13.2. The van der Waals surface area contributed by atoms with Crippen LogP contribution in [0.1, 0.15) is 27.5 Å². The minimum absolute atomic E-state index is 0.0215. The maximum Gasteiger partial charge on any atom is 0.255 e. The van der Waals surface area contributed by atoms with Gasteiger partial charge in [-0.2, -0.15) is 10.2 Å². The predicted octanol–water partition coefficient (Wildman–Crippen LogP) is 4.48. The predicted molar refractivity (Wildman–Crippen MR) is 123 cm³/mol. The van der Waals surface area contributed by atoms with E-state index in [1.165, 1.54) is 11.8 Å². The number of likely N-dealkylation sites (tertiary alicyclic amines) is 1. The fourth-order valence-corrected chi connectivity index (χ4v) is 4.36. The number of amides is 1. The van der Waals surface area contributed by atoms with E-state index in [1.807, 2.05) is 55.3 Å². The highest BCUT2D eigenvalue weighted by molar-refractivity contribution is 6.30. The molecule has 160 valence electrons. The highest BCUT2D eigenvalue weighted by atomic mass is 35.5. The van der Waals surface area contributed by atoms with Gasteiger partial charge in [-0.1, -0.05) is 35.3 Å². The second-order valence-corrected chi connectivity index (χ2v) is 8.80. The SMILES string of the molecule is Cc1cc(C(=O)N2C[C@H](CN(C)c3ccc(Cl)cn3)[C@@H](c3ccc(Cl)cc3)C2)cnn1. The van der Waals surface area contributed by atoms with Crippen LogP contribution in [0.4, 0.5) is 5.82 Å². The van der Waals surface area contributed by atoms with Gasteiger partial charge in [0.05, 0.1) is 22.5 Å². The molecule has 0 spiro atoms. The van der Waals surface area contributed by atoms with Crippen molar-refractivity contribution in [3.8, 4) is 0 Å². The number of halogens is 2. The molecule has 3 aromatic rings. The van der Waals surface area contributed by atoms with Gasteiger partial charge in [-0.05, 0) is 42.8 Å². The Morgan fingerprint density at radius 3 is 2.52 bits per heavy atom. The summed E-state index contributed by atoms with van der Waals surface area (Å²) in [5.41, 5.74) is 2.46. The Kier molecular flexibility index (Phi) is 6.39. The van der Waals surface area contributed by atoms with Crippen molar-refractivity contribution in [1.82, 2.24) is 20.1 Å². The summed E-state index contributed by atoms with van der Waals surface area (Å²) in [7, 11) is 2.01. The smallest absolute Gasteiger partial charge is 0.255 e. The van der Waals surface area contributed by atoms with Crippen LogP contribution in [-0.4, -0.2) is 52.7 Å². The first-order chi connectivity index (χ1) is 14.9. The Morgan fingerprint density at radius 1 is 1.10 bits per heavy atom. The molecule has 0 radical (unpaired) electrons. The lowest BCUT2D eigenvalue weighted by Gasteiger charge is -2.26. The second kappa shape index (κ2) is 9.20. The lowest BCUT2D eigenvalue weighted by molar-refractivity contribution is 0.0785. The van der Waals surface area contributed by atoms with Gasteiger partial charge in [0.15, 0.2) is 0 Å². The number of benzene rings is 1. The van der Waals surface area contributed by atoms with E-state index >= 15 is 0 Å². The number of carbonyl (C=O) groups excluding carboxylic acids is 1. The monoisotopic (exact) mass is 455 g/mol. The van der Waals surface area contributed by atoms with Crippen LogP contribution in [0, 0.1) is 12.8 Å². The fraction of sp³-hybridized carbons (Fsp3) is 0.304. The molecule has 2 atom stereocenters. The number of hydrogen-bond acceptors (Lipinski definition) is 5. The summed E-state index contributed by atoms with van der Waals surface area (Å²) in [6, 6.07) is 13.4. The molecule has 0 saturated carbocycles. The number of hydrogen-bond donors (Lipinski definition) is 0. The maximum atomic E-state index is 13.2. The lowest BCUT2D eigenvalue weighted by atomic mass is 9.88. The van der Waals surface area contributed by atoms with Crippen LogP contribution in [0.25, 0.3) is 0 Å². The highest BCUT2D eigenvalue weighted by Crippen LogP contribution is 2.35. The zero-order valence-electron chi connectivity index (χ0n) is 17.4. The molecule has 4 rings (SSSR count). The van der Waals surface area contributed by atoms with E-state index in [4.69, 9.17) is 23.2 Å². The van der Waals surface area contributed by atoms with Gasteiger partial charge in [-0.15, -0.1) is 0 Å². The second-order valence-electron chi connectivity index (χ2n) is 7.93. The molecule has 2 aromatic heterocycles. The average Bonchev–Trinajstić information content (AvgIpc) is 3.18. The summed E-state index contributed by atoms with van der Waals surface area (Å²) in [5, 5.41) is 9.20. The molecule has 0 bridgehead atoms. The first-order valence-electron chi connectivity index (χ1n) is 10.1. The van der Waals surface area contributed by atoms with Gasteiger partial charge in [0.25, 0.3) is 5.91 Å². The van der Waals surface area contributed by atoms with Crippen LogP contribution >= 0.6 is 23.2 Å². The van der Waals surface area contributed by atoms with Gasteiger partial charge in [-0.3, -0.25) is 4.79 Å². The van der Waals surface area contributed by atoms with E-state index in [1.54, 1.807) is 12.3 Å². The average molecular weight is 456 g/mol. The van der Waals surface area contributed by atoms with E-state index in [0.29, 0.717) is 28.7 Å². The summed E-state index contributed by atoms with van der Waals surface area (Å²) in [6.07, 6.45) is 3.18. The molecule has 3 heterocycles. The van der Waals surface area contributed by atoms with Gasteiger partial charge in [-0.25, -0.2) is 4.98 Å². The number of pyridine rings is 1. The van der Waals surface area contributed by atoms with Crippen molar-refractivity contribution in [3.63, 3.8) is 0 Å². The Morgan fingerprint density at radius 2 is 1.84 bits per heavy atom. The van der Waals surface area contributed by atoms with E-state index in [-0.39, 0.29) is 17.7 Å². The van der Waals surface area contributed by atoms with Crippen molar-refractivity contribution in [2.24, 2.45) is 5.92 Å². The molecule has 6 nitrogen and oxygen atoms in total. The van der Waals surface area contributed by atoms with Crippen molar-refractivity contribution in [1.29, 1.82) is 0 Å². The summed E-state index contributed by atoms with van der Waals surface area (Å²) >= 11 is 12.1. The van der Waals surface area contributed by atoms with Crippen LogP contribution in [0.5, 0.6) is 0 Å². The topological polar surface area (TPSA) is 62.2 Å². The lowest BCUT2D eigenvalue weighted by Crippen LogP contribution is -2.32. The minimum Gasteiger partial charge on any atom is -0.359 e. The van der Waals surface area contributed by atoms with Crippen LogP contribution in [0.15, 0.2) is 54.9 Å². The molecule has 0 unspecified atom stereocenters. The molecular formula is C23H23Cl2N5O.